The Bertz CT molecular complexity index is 436. The predicted molar refractivity (Wildman–Crippen MR) is 63.4 cm³/mol. The van der Waals surface area contributed by atoms with E-state index >= 15 is 0 Å². The molecular formula is C13H14NO2. The molecule has 0 bridgehead atoms. The van der Waals surface area contributed by atoms with E-state index in [0.717, 1.165) is 0 Å². The summed E-state index contributed by atoms with van der Waals surface area (Å²) in [5.74, 6) is 0.371. The molecule has 1 radical (unpaired) electrons. The van der Waals surface area contributed by atoms with E-state index in [1.807, 2.05) is 12.1 Å². The maximum atomic E-state index is 10.9. The lowest BCUT2D eigenvalue weighted by Crippen LogP contribution is -1.99. The van der Waals surface area contributed by atoms with E-state index < -0.39 is 0 Å². The van der Waals surface area contributed by atoms with Crippen LogP contribution in [0.25, 0.3) is 0 Å². The molecule has 0 aliphatic heterocycles. The van der Waals surface area contributed by atoms with Gasteiger partial charge in [0.15, 0.2) is 0 Å². The Morgan fingerprint density at radius 2 is 2.19 bits per heavy atom. The van der Waals surface area contributed by atoms with Crippen molar-refractivity contribution in [2.75, 3.05) is 0 Å². The molecule has 1 saturated carbocycles. The predicted octanol–water partition coefficient (Wildman–Crippen LogP) is 3.58. The number of hydrogen-bond acceptors (Lipinski definition) is 2. The van der Waals surface area contributed by atoms with Crippen molar-refractivity contribution in [3.8, 4) is 0 Å². The Labute approximate surface area is 94.9 Å². The minimum atomic E-state index is -0.353. The molecule has 0 spiro atoms. The van der Waals surface area contributed by atoms with Crippen LogP contribution in [0.5, 0.6) is 0 Å². The third-order valence-corrected chi connectivity index (χ3v) is 2.98. The second kappa shape index (κ2) is 4.08. The number of benzene rings is 1. The monoisotopic (exact) mass is 216 g/mol. The molecule has 3 nitrogen and oxygen atoms in total. The molecule has 2 rings (SSSR count). The van der Waals surface area contributed by atoms with E-state index in [0.29, 0.717) is 11.5 Å². The Kier molecular flexibility index (Phi) is 2.77. The van der Waals surface area contributed by atoms with Crippen LogP contribution in [0.2, 0.25) is 0 Å². The van der Waals surface area contributed by atoms with Gasteiger partial charge in [0, 0.05) is 17.5 Å². The van der Waals surface area contributed by atoms with Gasteiger partial charge in [-0.1, -0.05) is 12.1 Å². The van der Waals surface area contributed by atoms with Crippen LogP contribution in [-0.4, -0.2) is 4.92 Å². The Morgan fingerprint density at radius 1 is 1.50 bits per heavy atom. The van der Waals surface area contributed by atoms with E-state index in [2.05, 4.69) is 13.5 Å². The lowest BCUT2D eigenvalue weighted by molar-refractivity contribution is -0.385. The molecule has 0 aromatic heterocycles. The maximum absolute atomic E-state index is 10.9. The fourth-order valence-electron chi connectivity index (χ4n) is 1.83. The zero-order valence-corrected chi connectivity index (χ0v) is 9.06. The summed E-state index contributed by atoms with van der Waals surface area (Å²) in [4.78, 5) is 10.5. The van der Waals surface area contributed by atoms with Crippen molar-refractivity contribution in [1.29, 1.82) is 0 Å². The molecule has 1 aliphatic carbocycles. The third kappa shape index (κ3) is 1.98. The highest BCUT2D eigenvalue weighted by molar-refractivity contribution is 5.48. The Morgan fingerprint density at radius 3 is 2.69 bits per heavy atom. The first-order valence-electron chi connectivity index (χ1n) is 5.37. The molecule has 3 heteroatoms. The molecule has 1 fully saturated rings. The van der Waals surface area contributed by atoms with Crippen molar-refractivity contribution in [3.05, 3.63) is 59.0 Å². The van der Waals surface area contributed by atoms with Crippen molar-refractivity contribution in [2.24, 2.45) is 0 Å². The highest BCUT2D eigenvalue weighted by Gasteiger charge is 2.26. The first-order chi connectivity index (χ1) is 7.63. The molecule has 83 valence electrons. The van der Waals surface area contributed by atoms with Gasteiger partial charge in [-0.2, -0.15) is 0 Å². The number of nitro groups is 1. The fourth-order valence-corrected chi connectivity index (χ4v) is 1.83. The van der Waals surface area contributed by atoms with Crippen molar-refractivity contribution in [1.82, 2.24) is 0 Å². The van der Waals surface area contributed by atoms with Gasteiger partial charge in [0.05, 0.1) is 4.92 Å². The van der Waals surface area contributed by atoms with Crippen molar-refractivity contribution < 1.29 is 4.92 Å². The minimum absolute atomic E-state index is 0.143. The summed E-state index contributed by atoms with van der Waals surface area (Å²) in [5, 5.41) is 10.9. The second-order valence-corrected chi connectivity index (χ2v) is 4.19. The van der Waals surface area contributed by atoms with Gasteiger partial charge in [-0.15, -0.1) is 6.58 Å². The maximum Gasteiger partial charge on any atom is 0.273 e. The molecule has 1 aromatic carbocycles. The first kappa shape index (κ1) is 10.9. The van der Waals surface area contributed by atoms with Crippen LogP contribution < -0.4 is 0 Å². The first-order valence-corrected chi connectivity index (χ1v) is 5.37. The molecule has 16 heavy (non-hydrogen) atoms. The summed E-state index contributed by atoms with van der Waals surface area (Å²) >= 11 is 0. The lowest BCUT2D eigenvalue weighted by Gasteiger charge is -2.09. The van der Waals surface area contributed by atoms with Crippen LogP contribution in [0, 0.1) is 17.0 Å². The highest BCUT2D eigenvalue weighted by atomic mass is 16.6. The molecular weight excluding hydrogens is 202 g/mol. The quantitative estimate of drug-likeness (QED) is 0.438. The van der Waals surface area contributed by atoms with E-state index in [-0.39, 0.29) is 16.5 Å². The largest absolute Gasteiger partial charge is 0.273 e. The lowest BCUT2D eigenvalue weighted by atomic mass is 9.96. The number of nitro benzene ring substituents is 1. The van der Waals surface area contributed by atoms with Crippen molar-refractivity contribution in [3.63, 3.8) is 0 Å². The van der Waals surface area contributed by atoms with Gasteiger partial charge in [-0.25, -0.2) is 0 Å². The summed E-state index contributed by atoms with van der Waals surface area (Å²) in [6.07, 6.45) is 4.01. The van der Waals surface area contributed by atoms with Gasteiger partial charge < -0.3 is 0 Å². The summed E-state index contributed by atoms with van der Waals surface area (Å²) in [6, 6.07) is 5.36. The number of rotatable bonds is 4. The van der Waals surface area contributed by atoms with Gasteiger partial charge in [0.2, 0.25) is 0 Å². The standard InChI is InChI=1S/C13H14NO2/c1-3-9(2)12-8-11(10-4-5-10)6-7-13(12)14(15)16/h3,6-10H,1-2,4-5H2. The van der Waals surface area contributed by atoms with Gasteiger partial charge in [-0.05, 0) is 37.3 Å². The molecule has 1 unspecified atom stereocenters. The summed E-state index contributed by atoms with van der Waals surface area (Å²) < 4.78 is 0. The summed E-state index contributed by atoms with van der Waals surface area (Å²) in [5.41, 5.74) is 2.00. The van der Waals surface area contributed by atoms with Gasteiger partial charge >= 0.3 is 0 Å². The second-order valence-electron chi connectivity index (χ2n) is 4.19. The molecule has 0 saturated heterocycles. The van der Waals surface area contributed by atoms with Crippen molar-refractivity contribution in [2.45, 2.75) is 24.7 Å². The highest BCUT2D eigenvalue weighted by Crippen LogP contribution is 2.42. The van der Waals surface area contributed by atoms with Crippen LogP contribution in [0.3, 0.4) is 0 Å². The normalized spacial score (nSPS) is 16.8. The minimum Gasteiger partial charge on any atom is -0.258 e. The van der Waals surface area contributed by atoms with Gasteiger partial charge in [0.25, 0.3) is 5.69 Å². The average molecular weight is 216 g/mol. The molecule has 1 atom stereocenters. The third-order valence-electron chi connectivity index (χ3n) is 2.98. The topological polar surface area (TPSA) is 43.1 Å². The average Bonchev–Trinajstić information content (AvgIpc) is 3.11. The number of hydrogen-bond donors (Lipinski definition) is 0. The zero-order valence-electron chi connectivity index (χ0n) is 9.06. The fraction of sp³-hybridized carbons (Fsp3) is 0.308. The van der Waals surface area contributed by atoms with Gasteiger partial charge in [-0.3, -0.25) is 10.1 Å². The molecule has 0 N–H and O–H groups in total. The van der Waals surface area contributed by atoms with Crippen LogP contribution in [0.1, 0.15) is 35.8 Å². The Balaban J connectivity index is 2.45. The molecule has 0 heterocycles. The van der Waals surface area contributed by atoms with Gasteiger partial charge in [0.1, 0.15) is 0 Å². The van der Waals surface area contributed by atoms with Crippen LogP contribution in [0.4, 0.5) is 5.69 Å². The SMILES string of the molecule is [CH2]C(C=C)c1cc(C2CC2)ccc1[N+](=O)[O-]. The van der Waals surface area contributed by atoms with E-state index in [4.69, 9.17) is 0 Å². The Hall–Kier alpha value is -1.64. The zero-order chi connectivity index (χ0) is 11.7. The molecule has 0 amide bonds. The van der Waals surface area contributed by atoms with E-state index in [1.165, 1.54) is 18.4 Å². The number of nitrogens with zero attached hydrogens (tertiary/aromatic N) is 1. The van der Waals surface area contributed by atoms with E-state index in [1.54, 1.807) is 12.1 Å². The van der Waals surface area contributed by atoms with Crippen LogP contribution in [0.15, 0.2) is 30.9 Å². The van der Waals surface area contributed by atoms with Crippen LogP contribution >= 0.6 is 0 Å². The number of allylic oxidation sites excluding steroid dienone is 1. The molecule has 1 aromatic rings. The summed E-state index contributed by atoms with van der Waals surface area (Å²) in [7, 11) is 0. The van der Waals surface area contributed by atoms with E-state index in [9.17, 15) is 10.1 Å². The van der Waals surface area contributed by atoms with Crippen LogP contribution in [-0.2, 0) is 0 Å². The van der Waals surface area contributed by atoms with Crippen molar-refractivity contribution >= 4 is 5.69 Å². The summed E-state index contributed by atoms with van der Waals surface area (Å²) in [6.45, 7) is 7.51. The molecule has 1 aliphatic rings. The smallest absolute Gasteiger partial charge is 0.258 e.